The molecule has 0 saturated heterocycles. The Bertz CT molecular complexity index is 1950. The van der Waals surface area contributed by atoms with E-state index in [1.807, 2.05) is 67.1 Å². The maximum atomic E-state index is 4.66. The lowest BCUT2D eigenvalue weighted by atomic mass is 10.0. The van der Waals surface area contributed by atoms with E-state index in [-0.39, 0.29) is 0 Å². The number of hydrogen-bond donors (Lipinski definition) is 3. The van der Waals surface area contributed by atoms with Gasteiger partial charge in [0.2, 0.25) is 0 Å². The maximum absolute atomic E-state index is 4.66. The number of nitrogens with zero attached hydrogens (tertiary/aromatic N) is 4. The number of pyridine rings is 3. The molecule has 0 aliphatic rings. The van der Waals surface area contributed by atoms with Crippen LogP contribution in [0.15, 0.2) is 116 Å². The van der Waals surface area contributed by atoms with Crippen LogP contribution in [0.5, 0.6) is 0 Å². The average molecular weight is 506 g/mol. The van der Waals surface area contributed by atoms with Gasteiger partial charge in [0.1, 0.15) is 5.69 Å². The molecule has 7 nitrogen and oxygen atoms in total. The number of anilines is 1. The standard InChI is InChI=1S/C32H23N7/c1-20(21-6-3-2-4-7-21)36-25-14-24(18-34-19-25)22-9-10-29-26(15-22)32(39-38-29)30-16-27-28(37-30)11-13-35-31(27)23-8-5-12-33-17-23/h2-19,36-37H,1H2,(H,38,39). The predicted molar refractivity (Wildman–Crippen MR) is 157 cm³/mol. The summed E-state index contributed by atoms with van der Waals surface area (Å²) >= 11 is 0. The van der Waals surface area contributed by atoms with Gasteiger partial charge in [-0.1, -0.05) is 43.0 Å². The van der Waals surface area contributed by atoms with Crippen LogP contribution < -0.4 is 5.32 Å². The van der Waals surface area contributed by atoms with E-state index in [2.05, 4.69) is 72.4 Å². The highest BCUT2D eigenvalue weighted by atomic mass is 15.1. The highest BCUT2D eigenvalue weighted by molar-refractivity contribution is 6.00. The molecule has 0 unspecified atom stereocenters. The molecular weight excluding hydrogens is 482 g/mol. The average Bonchev–Trinajstić information content (AvgIpc) is 3.62. The Labute approximate surface area is 224 Å². The molecule has 3 N–H and O–H groups in total. The molecule has 0 aliphatic heterocycles. The Balaban J connectivity index is 1.25. The first-order chi connectivity index (χ1) is 19.2. The predicted octanol–water partition coefficient (Wildman–Crippen LogP) is 7.31. The van der Waals surface area contributed by atoms with E-state index >= 15 is 0 Å². The Kier molecular flexibility index (Phi) is 5.45. The lowest BCUT2D eigenvalue weighted by Crippen LogP contribution is -1.98. The van der Waals surface area contributed by atoms with Crippen molar-refractivity contribution in [2.24, 2.45) is 0 Å². The zero-order valence-corrected chi connectivity index (χ0v) is 20.9. The third-order valence-corrected chi connectivity index (χ3v) is 6.79. The molecule has 0 fully saturated rings. The fourth-order valence-corrected chi connectivity index (χ4v) is 4.87. The SMILES string of the molecule is C=C(Nc1cncc(-c2ccc3[nH]nc(-c4cc5c(-c6cccnc6)nccc5[nH]4)c3c2)c1)c1ccccc1. The molecule has 5 aromatic heterocycles. The van der Waals surface area contributed by atoms with Crippen molar-refractivity contribution in [3.63, 3.8) is 0 Å². The number of nitrogens with one attached hydrogen (secondary N) is 3. The van der Waals surface area contributed by atoms with Crippen LogP contribution in [0.1, 0.15) is 5.56 Å². The fourth-order valence-electron chi connectivity index (χ4n) is 4.87. The van der Waals surface area contributed by atoms with Crippen molar-refractivity contribution in [1.29, 1.82) is 0 Å². The summed E-state index contributed by atoms with van der Waals surface area (Å²) in [5, 5.41) is 13.3. The van der Waals surface area contributed by atoms with Crippen molar-refractivity contribution in [3.05, 3.63) is 122 Å². The third kappa shape index (κ3) is 4.22. The summed E-state index contributed by atoms with van der Waals surface area (Å²) in [5.41, 5.74) is 10.3. The normalized spacial score (nSPS) is 11.2. The Morgan fingerprint density at radius 2 is 1.56 bits per heavy atom. The van der Waals surface area contributed by atoms with Crippen molar-refractivity contribution in [2.45, 2.75) is 0 Å². The van der Waals surface area contributed by atoms with E-state index in [1.165, 1.54) is 0 Å². The number of aromatic amines is 2. The topological polar surface area (TPSA) is 95.2 Å². The molecule has 0 aliphatic carbocycles. The second-order valence-electron chi connectivity index (χ2n) is 9.31. The minimum absolute atomic E-state index is 0.820. The zero-order chi connectivity index (χ0) is 26.2. The van der Waals surface area contributed by atoms with Crippen LogP contribution in [0.3, 0.4) is 0 Å². The number of rotatable bonds is 6. The Morgan fingerprint density at radius 3 is 2.44 bits per heavy atom. The van der Waals surface area contributed by atoms with Crippen LogP contribution >= 0.6 is 0 Å². The van der Waals surface area contributed by atoms with Gasteiger partial charge in [-0.2, -0.15) is 5.10 Å². The van der Waals surface area contributed by atoms with Crippen LogP contribution in [-0.4, -0.2) is 30.1 Å². The summed E-state index contributed by atoms with van der Waals surface area (Å²) in [6.07, 6.45) is 9.08. The molecule has 2 aromatic carbocycles. The van der Waals surface area contributed by atoms with Gasteiger partial charge in [0.15, 0.2) is 0 Å². The first kappa shape index (κ1) is 22.6. The largest absolute Gasteiger partial charge is 0.354 e. The van der Waals surface area contributed by atoms with Crippen LogP contribution in [0.4, 0.5) is 5.69 Å². The summed E-state index contributed by atoms with van der Waals surface area (Å²) < 4.78 is 0. The van der Waals surface area contributed by atoms with E-state index in [4.69, 9.17) is 0 Å². The van der Waals surface area contributed by atoms with Gasteiger partial charge in [0.25, 0.3) is 0 Å². The summed E-state index contributed by atoms with van der Waals surface area (Å²) in [7, 11) is 0. The van der Waals surface area contributed by atoms with Gasteiger partial charge in [-0.15, -0.1) is 0 Å². The van der Waals surface area contributed by atoms with E-state index < -0.39 is 0 Å². The molecule has 7 heteroatoms. The van der Waals surface area contributed by atoms with Crippen molar-refractivity contribution < 1.29 is 0 Å². The minimum Gasteiger partial charge on any atom is -0.354 e. The number of benzene rings is 2. The lowest BCUT2D eigenvalue weighted by molar-refractivity contribution is 1.12. The van der Waals surface area contributed by atoms with E-state index in [0.717, 1.165) is 72.5 Å². The summed E-state index contributed by atoms with van der Waals surface area (Å²) in [6, 6.07) is 26.4. The van der Waals surface area contributed by atoms with E-state index in [9.17, 15) is 0 Å². The number of H-pyrrole nitrogens is 2. The Morgan fingerprint density at radius 1 is 0.692 bits per heavy atom. The fraction of sp³-hybridized carbons (Fsp3) is 0. The van der Waals surface area contributed by atoms with Gasteiger partial charge in [0, 0.05) is 57.9 Å². The number of hydrogen-bond acceptors (Lipinski definition) is 5. The zero-order valence-electron chi connectivity index (χ0n) is 20.9. The monoisotopic (exact) mass is 505 g/mol. The van der Waals surface area contributed by atoms with Crippen LogP contribution in [-0.2, 0) is 0 Å². The second-order valence-corrected chi connectivity index (χ2v) is 9.31. The molecule has 0 saturated carbocycles. The van der Waals surface area contributed by atoms with Gasteiger partial charge >= 0.3 is 0 Å². The first-order valence-corrected chi connectivity index (χ1v) is 12.6. The van der Waals surface area contributed by atoms with E-state index in [0.29, 0.717) is 0 Å². The van der Waals surface area contributed by atoms with Gasteiger partial charge in [0.05, 0.1) is 28.8 Å². The molecule has 0 bridgehead atoms. The van der Waals surface area contributed by atoms with Gasteiger partial charge in [-0.3, -0.25) is 20.1 Å². The molecule has 186 valence electrons. The van der Waals surface area contributed by atoms with Crippen LogP contribution in [0, 0.1) is 0 Å². The molecule has 0 atom stereocenters. The van der Waals surface area contributed by atoms with E-state index in [1.54, 1.807) is 12.4 Å². The van der Waals surface area contributed by atoms with Crippen LogP contribution in [0.2, 0.25) is 0 Å². The second kappa shape index (κ2) is 9.39. The minimum atomic E-state index is 0.820. The summed E-state index contributed by atoms with van der Waals surface area (Å²) in [5.74, 6) is 0. The molecule has 7 rings (SSSR count). The highest BCUT2D eigenvalue weighted by Crippen LogP contribution is 2.34. The molecule has 0 radical (unpaired) electrons. The molecule has 0 amide bonds. The summed E-state index contributed by atoms with van der Waals surface area (Å²) in [4.78, 5) is 16.9. The first-order valence-electron chi connectivity index (χ1n) is 12.6. The number of fused-ring (bicyclic) bond motifs is 2. The van der Waals surface area contributed by atoms with Crippen molar-refractivity contribution in [1.82, 2.24) is 30.1 Å². The molecule has 0 spiro atoms. The molecule has 5 heterocycles. The van der Waals surface area contributed by atoms with Crippen molar-refractivity contribution >= 4 is 33.2 Å². The Hall–Kier alpha value is -5.56. The highest BCUT2D eigenvalue weighted by Gasteiger charge is 2.15. The maximum Gasteiger partial charge on any atom is 0.116 e. The van der Waals surface area contributed by atoms with Gasteiger partial charge in [-0.05, 0) is 53.6 Å². The molecular formula is C32H23N7. The van der Waals surface area contributed by atoms with Crippen molar-refractivity contribution in [2.75, 3.05) is 5.32 Å². The summed E-state index contributed by atoms with van der Waals surface area (Å²) in [6.45, 7) is 4.18. The van der Waals surface area contributed by atoms with Crippen molar-refractivity contribution in [3.8, 4) is 33.8 Å². The van der Waals surface area contributed by atoms with Crippen LogP contribution in [0.25, 0.3) is 61.3 Å². The number of aromatic nitrogens is 6. The van der Waals surface area contributed by atoms with Gasteiger partial charge < -0.3 is 10.3 Å². The smallest absolute Gasteiger partial charge is 0.116 e. The quantitative estimate of drug-likeness (QED) is 0.220. The third-order valence-electron chi connectivity index (χ3n) is 6.79. The van der Waals surface area contributed by atoms with Gasteiger partial charge in [-0.25, -0.2) is 0 Å². The molecule has 39 heavy (non-hydrogen) atoms. The molecule has 7 aromatic rings. The lowest BCUT2D eigenvalue weighted by Gasteiger charge is -2.11.